The van der Waals surface area contributed by atoms with Crippen molar-refractivity contribution in [2.24, 2.45) is 0 Å². The van der Waals surface area contributed by atoms with Crippen LogP contribution in [-0.2, 0) is 10.0 Å². The summed E-state index contributed by atoms with van der Waals surface area (Å²) in [5, 5.41) is 14.4. The Labute approximate surface area is 150 Å². The highest BCUT2D eigenvalue weighted by atomic mass is 32.2. The first-order valence-electron chi connectivity index (χ1n) is 7.70. The fraction of sp³-hybridized carbons (Fsp3) is 0.250. The molecular formula is C16H17N3O6S. The molecule has 3 rings (SSSR count). The average Bonchev–Trinajstić information content (AvgIpc) is 3.09. The van der Waals surface area contributed by atoms with Crippen LogP contribution < -0.4 is 19.5 Å². The Bertz CT molecular complexity index is 960. The Morgan fingerprint density at radius 3 is 2.58 bits per heavy atom. The highest BCUT2D eigenvalue weighted by Gasteiger charge is 2.22. The molecule has 2 N–H and O–H groups in total. The normalized spacial score (nSPS) is 14.1. The molecule has 1 unspecified atom stereocenters. The van der Waals surface area contributed by atoms with E-state index in [4.69, 9.17) is 9.47 Å². The van der Waals surface area contributed by atoms with Gasteiger partial charge in [0, 0.05) is 12.1 Å². The quantitative estimate of drug-likeness (QED) is 0.584. The molecule has 1 aliphatic heterocycles. The van der Waals surface area contributed by atoms with E-state index in [0.29, 0.717) is 11.5 Å². The van der Waals surface area contributed by atoms with Crippen molar-refractivity contribution in [3.63, 3.8) is 0 Å². The van der Waals surface area contributed by atoms with Crippen molar-refractivity contribution in [3.8, 4) is 11.5 Å². The second kappa shape index (κ2) is 6.81. The van der Waals surface area contributed by atoms with Crippen LogP contribution in [0.2, 0.25) is 0 Å². The van der Waals surface area contributed by atoms with Crippen molar-refractivity contribution < 1.29 is 22.8 Å². The first-order chi connectivity index (χ1) is 12.3. The Balaban J connectivity index is 1.90. The van der Waals surface area contributed by atoms with Gasteiger partial charge in [0.15, 0.2) is 11.5 Å². The summed E-state index contributed by atoms with van der Waals surface area (Å²) in [6.07, 6.45) is 0. The zero-order valence-electron chi connectivity index (χ0n) is 14.1. The number of hydrogen-bond donors (Lipinski definition) is 2. The number of nitrogens with one attached hydrogen (secondary N) is 2. The number of benzene rings is 2. The topological polar surface area (TPSA) is 120 Å². The minimum absolute atomic E-state index is 0.160. The summed E-state index contributed by atoms with van der Waals surface area (Å²) in [5.74, 6) is 1.26. The maximum absolute atomic E-state index is 11.9. The lowest BCUT2D eigenvalue weighted by atomic mass is 10.1. The second-order valence-corrected chi connectivity index (χ2v) is 7.51. The Hall–Kier alpha value is -2.85. The molecule has 9 nitrogen and oxygen atoms in total. The van der Waals surface area contributed by atoms with Crippen LogP contribution in [0.4, 0.5) is 11.4 Å². The predicted molar refractivity (Wildman–Crippen MR) is 93.9 cm³/mol. The van der Waals surface area contributed by atoms with E-state index in [2.05, 4.69) is 10.0 Å². The molecule has 0 aliphatic carbocycles. The standard InChI is InChI=1S/C16H17N3O6S/c1-10(11-3-6-15-16(7-11)25-9-24-15)18-13-5-4-12(26(22,23)17-2)8-14(13)19(20)21/h3-8,10,17-18H,9H2,1-2H3. The van der Waals surface area contributed by atoms with Gasteiger partial charge in [-0.25, -0.2) is 13.1 Å². The average molecular weight is 379 g/mol. The van der Waals surface area contributed by atoms with E-state index >= 15 is 0 Å². The van der Waals surface area contributed by atoms with Crippen LogP contribution in [-0.4, -0.2) is 27.2 Å². The molecular weight excluding hydrogens is 362 g/mol. The molecule has 2 aromatic carbocycles. The number of nitrogens with zero attached hydrogens (tertiary/aromatic N) is 1. The van der Waals surface area contributed by atoms with Crippen LogP contribution in [0.5, 0.6) is 11.5 Å². The largest absolute Gasteiger partial charge is 0.454 e. The Kier molecular flexibility index (Phi) is 4.70. The van der Waals surface area contributed by atoms with Crippen LogP contribution in [0.1, 0.15) is 18.5 Å². The fourth-order valence-corrected chi connectivity index (χ4v) is 3.32. The van der Waals surface area contributed by atoms with Gasteiger partial charge in [0.05, 0.1) is 9.82 Å². The molecule has 0 saturated heterocycles. The molecule has 0 fully saturated rings. The zero-order chi connectivity index (χ0) is 18.9. The fourth-order valence-electron chi connectivity index (χ4n) is 2.57. The number of sulfonamides is 1. The SMILES string of the molecule is CNS(=O)(=O)c1ccc(NC(C)c2ccc3c(c2)OCO3)c([N+](=O)[O-])c1. The van der Waals surface area contributed by atoms with Crippen LogP contribution >= 0.6 is 0 Å². The minimum Gasteiger partial charge on any atom is -0.454 e. The number of anilines is 1. The lowest BCUT2D eigenvalue weighted by molar-refractivity contribution is -0.384. The van der Waals surface area contributed by atoms with Gasteiger partial charge in [-0.15, -0.1) is 0 Å². The number of nitro benzene ring substituents is 1. The van der Waals surface area contributed by atoms with E-state index in [1.165, 1.54) is 19.2 Å². The summed E-state index contributed by atoms with van der Waals surface area (Å²) in [7, 11) is -2.53. The number of rotatable bonds is 6. The highest BCUT2D eigenvalue weighted by molar-refractivity contribution is 7.89. The van der Waals surface area contributed by atoms with E-state index in [1.807, 2.05) is 13.0 Å². The Morgan fingerprint density at radius 2 is 1.88 bits per heavy atom. The predicted octanol–water partition coefficient (Wildman–Crippen LogP) is 2.40. The second-order valence-electron chi connectivity index (χ2n) is 5.62. The lowest BCUT2D eigenvalue weighted by Crippen LogP contribution is -2.19. The summed E-state index contributed by atoms with van der Waals surface area (Å²) < 4.78 is 36.5. The van der Waals surface area contributed by atoms with Crippen LogP contribution in [0.3, 0.4) is 0 Å². The van der Waals surface area contributed by atoms with Crippen LogP contribution in [0.15, 0.2) is 41.3 Å². The molecule has 0 spiro atoms. The summed E-state index contributed by atoms with van der Waals surface area (Å²) in [4.78, 5) is 10.6. The molecule has 0 amide bonds. The third kappa shape index (κ3) is 3.41. The van der Waals surface area contributed by atoms with Crippen molar-refractivity contribution >= 4 is 21.4 Å². The summed E-state index contributed by atoms with van der Waals surface area (Å²) in [5.41, 5.74) is 0.736. The van der Waals surface area contributed by atoms with Crippen molar-refractivity contribution in [3.05, 3.63) is 52.1 Å². The lowest BCUT2D eigenvalue weighted by Gasteiger charge is -2.16. The van der Waals surface area contributed by atoms with E-state index in [0.717, 1.165) is 11.6 Å². The molecule has 26 heavy (non-hydrogen) atoms. The van der Waals surface area contributed by atoms with Gasteiger partial charge in [-0.2, -0.15) is 0 Å². The third-order valence-corrected chi connectivity index (χ3v) is 5.43. The number of nitro groups is 1. The van der Waals surface area contributed by atoms with Crippen molar-refractivity contribution in [1.82, 2.24) is 4.72 Å². The molecule has 0 radical (unpaired) electrons. The van der Waals surface area contributed by atoms with Gasteiger partial charge in [-0.05, 0) is 43.8 Å². The van der Waals surface area contributed by atoms with Gasteiger partial charge in [0.25, 0.3) is 5.69 Å². The molecule has 10 heteroatoms. The molecule has 1 aliphatic rings. The van der Waals surface area contributed by atoms with Crippen LogP contribution in [0.25, 0.3) is 0 Å². The van der Waals surface area contributed by atoms with Gasteiger partial charge in [0.1, 0.15) is 5.69 Å². The molecule has 0 saturated carbocycles. The minimum atomic E-state index is -3.77. The monoisotopic (exact) mass is 379 g/mol. The number of fused-ring (bicyclic) bond motifs is 1. The van der Waals surface area contributed by atoms with Gasteiger partial charge in [0.2, 0.25) is 16.8 Å². The summed E-state index contributed by atoms with van der Waals surface area (Å²) >= 11 is 0. The van der Waals surface area contributed by atoms with Crippen LogP contribution in [0, 0.1) is 10.1 Å². The first kappa shape index (κ1) is 18.0. The van der Waals surface area contributed by atoms with E-state index in [1.54, 1.807) is 12.1 Å². The first-order valence-corrected chi connectivity index (χ1v) is 9.18. The zero-order valence-corrected chi connectivity index (χ0v) is 14.9. The van der Waals surface area contributed by atoms with Crippen molar-refractivity contribution in [1.29, 1.82) is 0 Å². The van der Waals surface area contributed by atoms with Gasteiger partial charge in [-0.1, -0.05) is 6.07 Å². The highest BCUT2D eigenvalue weighted by Crippen LogP contribution is 2.36. The van der Waals surface area contributed by atoms with Crippen molar-refractivity contribution in [2.45, 2.75) is 17.9 Å². The smallest absolute Gasteiger partial charge is 0.293 e. The van der Waals surface area contributed by atoms with Gasteiger partial charge in [-0.3, -0.25) is 10.1 Å². The van der Waals surface area contributed by atoms with Gasteiger partial charge < -0.3 is 14.8 Å². The maximum Gasteiger partial charge on any atom is 0.293 e. The summed E-state index contributed by atoms with van der Waals surface area (Å²) in [6.45, 7) is 1.99. The molecule has 0 aromatic heterocycles. The Morgan fingerprint density at radius 1 is 1.15 bits per heavy atom. The number of hydrogen-bond acceptors (Lipinski definition) is 7. The molecule has 0 bridgehead atoms. The van der Waals surface area contributed by atoms with Crippen molar-refractivity contribution in [2.75, 3.05) is 19.2 Å². The van der Waals surface area contributed by atoms with E-state index < -0.39 is 14.9 Å². The molecule has 1 heterocycles. The maximum atomic E-state index is 11.9. The molecule has 1 atom stereocenters. The van der Waals surface area contributed by atoms with Gasteiger partial charge >= 0.3 is 0 Å². The van der Waals surface area contributed by atoms with E-state index in [9.17, 15) is 18.5 Å². The van der Waals surface area contributed by atoms with E-state index in [-0.39, 0.29) is 29.1 Å². The number of ether oxygens (including phenoxy) is 2. The third-order valence-electron chi connectivity index (χ3n) is 4.01. The molecule has 138 valence electrons. The summed E-state index contributed by atoms with van der Waals surface area (Å²) in [6, 6.07) is 8.84. The molecule has 2 aromatic rings.